The topological polar surface area (TPSA) is 92.7 Å². The first-order chi connectivity index (χ1) is 10.1. The minimum absolute atomic E-state index is 0.00234. The van der Waals surface area contributed by atoms with Crippen LogP contribution >= 0.6 is 0 Å². The van der Waals surface area contributed by atoms with Crippen molar-refractivity contribution in [1.82, 2.24) is 20.0 Å². The lowest BCUT2D eigenvalue weighted by molar-refractivity contribution is 0.561. The summed E-state index contributed by atoms with van der Waals surface area (Å²) in [7, 11) is -2.98. The Labute approximate surface area is 131 Å². The van der Waals surface area contributed by atoms with Gasteiger partial charge in [-0.05, 0) is 0 Å². The number of anilines is 1. The molecule has 2 heterocycles. The van der Waals surface area contributed by atoms with Gasteiger partial charge in [0.25, 0.3) is 0 Å². The van der Waals surface area contributed by atoms with Gasteiger partial charge in [0.15, 0.2) is 0 Å². The van der Waals surface area contributed by atoms with E-state index < -0.39 is 9.84 Å². The Morgan fingerprint density at radius 1 is 1.36 bits per heavy atom. The number of nitrogens with one attached hydrogen (secondary N) is 2. The fourth-order valence-corrected chi connectivity index (χ4v) is 2.64. The quantitative estimate of drug-likeness (QED) is 0.841. The maximum absolute atomic E-state index is 11.2. The SMILES string of the molecule is CC(C)(C)c1[nH]ncc1CNc1ccn(CCS(C)(=O)=O)n1. The van der Waals surface area contributed by atoms with Gasteiger partial charge in [-0.2, -0.15) is 10.2 Å². The van der Waals surface area contributed by atoms with E-state index in [0.717, 1.165) is 17.1 Å². The number of H-pyrrole nitrogens is 1. The third-order valence-corrected chi connectivity index (χ3v) is 4.18. The second-order valence-corrected chi connectivity index (χ2v) is 8.73. The lowest BCUT2D eigenvalue weighted by Gasteiger charge is -2.18. The number of rotatable bonds is 6. The standard InChI is InChI=1S/C14H23N5O2S/c1-14(2,3)13-11(10-16-17-13)9-15-12-5-6-19(18-12)7-8-22(4,20)21/h5-6,10H,7-9H2,1-4H3,(H,15,18)(H,16,17). The fourth-order valence-electron chi connectivity index (χ4n) is 2.12. The van der Waals surface area contributed by atoms with Crippen LogP contribution < -0.4 is 5.32 Å². The zero-order valence-electron chi connectivity index (χ0n) is 13.4. The lowest BCUT2D eigenvalue weighted by Crippen LogP contribution is -2.16. The Balaban J connectivity index is 1.96. The Morgan fingerprint density at radius 2 is 2.09 bits per heavy atom. The maximum Gasteiger partial charge on any atom is 0.149 e. The summed E-state index contributed by atoms with van der Waals surface area (Å²) in [5.74, 6) is 0.805. The molecule has 0 radical (unpaired) electrons. The molecule has 0 fully saturated rings. The molecule has 0 spiro atoms. The summed E-state index contributed by atoms with van der Waals surface area (Å²) in [6.07, 6.45) is 4.81. The molecule has 22 heavy (non-hydrogen) atoms. The Morgan fingerprint density at radius 3 is 2.73 bits per heavy atom. The van der Waals surface area contributed by atoms with Gasteiger partial charge in [0.05, 0.1) is 18.5 Å². The Kier molecular flexibility index (Phi) is 4.60. The van der Waals surface area contributed by atoms with Crippen molar-refractivity contribution in [3.8, 4) is 0 Å². The highest BCUT2D eigenvalue weighted by molar-refractivity contribution is 7.90. The maximum atomic E-state index is 11.2. The van der Waals surface area contributed by atoms with E-state index in [0.29, 0.717) is 13.1 Å². The molecule has 0 aliphatic rings. The van der Waals surface area contributed by atoms with E-state index in [1.807, 2.05) is 12.3 Å². The Hall–Kier alpha value is -1.83. The molecule has 8 heteroatoms. The molecule has 2 aromatic rings. The summed E-state index contributed by atoms with van der Waals surface area (Å²) in [5, 5.41) is 14.7. The van der Waals surface area contributed by atoms with Crippen LogP contribution in [0.15, 0.2) is 18.5 Å². The van der Waals surface area contributed by atoms with Crippen molar-refractivity contribution in [2.45, 2.75) is 39.3 Å². The van der Waals surface area contributed by atoms with Gasteiger partial charge in [-0.25, -0.2) is 8.42 Å². The smallest absolute Gasteiger partial charge is 0.149 e. The molecule has 0 bridgehead atoms. The van der Waals surface area contributed by atoms with Gasteiger partial charge in [0, 0.05) is 41.7 Å². The van der Waals surface area contributed by atoms with Crippen LogP contribution in [0.1, 0.15) is 32.0 Å². The molecule has 0 aromatic carbocycles. The minimum Gasteiger partial charge on any atom is -0.364 e. The van der Waals surface area contributed by atoms with Crippen molar-refractivity contribution in [3.05, 3.63) is 29.7 Å². The normalized spacial score (nSPS) is 12.5. The fraction of sp³-hybridized carbons (Fsp3) is 0.571. The predicted octanol–water partition coefficient (Wildman–Crippen LogP) is 1.56. The first kappa shape index (κ1) is 16.5. The minimum atomic E-state index is -2.98. The summed E-state index contributed by atoms with van der Waals surface area (Å²) in [5.41, 5.74) is 2.19. The summed E-state index contributed by atoms with van der Waals surface area (Å²) in [6, 6.07) is 1.83. The number of aryl methyl sites for hydroxylation is 1. The molecule has 0 aliphatic heterocycles. The highest BCUT2D eigenvalue weighted by Crippen LogP contribution is 2.23. The van der Waals surface area contributed by atoms with Gasteiger partial charge in [0.1, 0.15) is 15.7 Å². The molecule has 0 saturated carbocycles. The third-order valence-electron chi connectivity index (χ3n) is 3.26. The number of aromatic nitrogens is 4. The number of hydrogen-bond acceptors (Lipinski definition) is 5. The van der Waals surface area contributed by atoms with Crippen molar-refractivity contribution < 1.29 is 8.42 Å². The molecule has 122 valence electrons. The van der Waals surface area contributed by atoms with Crippen molar-refractivity contribution in [2.75, 3.05) is 17.3 Å². The molecule has 0 atom stereocenters. The first-order valence-electron chi connectivity index (χ1n) is 7.13. The van der Waals surface area contributed by atoms with Crippen LogP contribution in [-0.4, -0.2) is 40.4 Å². The van der Waals surface area contributed by atoms with Gasteiger partial charge >= 0.3 is 0 Å². The van der Waals surface area contributed by atoms with Crippen molar-refractivity contribution >= 4 is 15.7 Å². The molecule has 0 amide bonds. The zero-order valence-corrected chi connectivity index (χ0v) is 14.2. The summed E-state index contributed by atoms with van der Waals surface area (Å²) in [6.45, 7) is 7.36. The molecular weight excluding hydrogens is 302 g/mol. The van der Waals surface area contributed by atoms with E-state index in [4.69, 9.17) is 0 Å². The van der Waals surface area contributed by atoms with Crippen molar-refractivity contribution in [1.29, 1.82) is 0 Å². The second-order valence-electron chi connectivity index (χ2n) is 6.47. The average molecular weight is 325 g/mol. The molecule has 0 saturated heterocycles. The molecule has 2 N–H and O–H groups in total. The summed E-state index contributed by atoms with van der Waals surface area (Å²) < 4.78 is 23.9. The van der Waals surface area contributed by atoms with E-state index in [1.165, 1.54) is 6.26 Å². The number of nitrogens with zero attached hydrogens (tertiary/aromatic N) is 3. The van der Waals surface area contributed by atoms with Crippen LogP contribution in [0.25, 0.3) is 0 Å². The van der Waals surface area contributed by atoms with Crippen LogP contribution in [-0.2, 0) is 28.3 Å². The van der Waals surface area contributed by atoms with E-state index in [-0.39, 0.29) is 11.2 Å². The average Bonchev–Trinajstić information content (AvgIpc) is 3.01. The van der Waals surface area contributed by atoms with Gasteiger partial charge in [-0.15, -0.1) is 0 Å². The van der Waals surface area contributed by atoms with E-state index in [1.54, 1.807) is 10.9 Å². The first-order valence-corrected chi connectivity index (χ1v) is 9.19. The number of sulfone groups is 1. The highest BCUT2D eigenvalue weighted by atomic mass is 32.2. The largest absolute Gasteiger partial charge is 0.364 e. The number of aromatic amines is 1. The van der Waals surface area contributed by atoms with Crippen molar-refractivity contribution in [3.63, 3.8) is 0 Å². The summed E-state index contributed by atoms with van der Waals surface area (Å²) in [4.78, 5) is 0. The van der Waals surface area contributed by atoms with E-state index >= 15 is 0 Å². The van der Waals surface area contributed by atoms with Crippen LogP contribution in [0.5, 0.6) is 0 Å². The van der Waals surface area contributed by atoms with E-state index in [2.05, 4.69) is 41.4 Å². The van der Waals surface area contributed by atoms with Gasteiger partial charge < -0.3 is 5.32 Å². The molecule has 0 aliphatic carbocycles. The summed E-state index contributed by atoms with van der Waals surface area (Å²) >= 11 is 0. The lowest BCUT2D eigenvalue weighted by atomic mass is 9.89. The van der Waals surface area contributed by atoms with Crippen LogP contribution in [0, 0.1) is 0 Å². The number of hydrogen-bond donors (Lipinski definition) is 2. The zero-order chi connectivity index (χ0) is 16.4. The van der Waals surface area contributed by atoms with Gasteiger partial charge in [0.2, 0.25) is 0 Å². The third kappa shape index (κ3) is 4.59. The van der Waals surface area contributed by atoms with Gasteiger partial charge in [-0.1, -0.05) is 20.8 Å². The van der Waals surface area contributed by atoms with Crippen LogP contribution in [0.2, 0.25) is 0 Å². The highest BCUT2D eigenvalue weighted by Gasteiger charge is 2.19. The molecular formula is C14H23N5O2S. The second kappa shape index (κ2) is 6.12. The van der Waals surface area contributed by atoms with Crippen LogP contribution in [0.4, 0.5) is 5.82 Å². The molecule has 2 rings (SSSR count). The van der Waals surface area contributed by atoms with Crippen molar-refractivity contribution in [2.24, 2.45) is 0 Å². The monoisotopic (exact) mass is 325 g/mol. The van der Waals surface area contributed by atoms with Crippen LogP contribution in [0.3, 0.4) is 0 Å². The van der Waals surface area contributed by atoms with Gasteiger partial charge in [-0.3, -0.25) is 9.78 Å². The molecule has 2 aromatic heterocycles. The Bertz CT molecular complexity index is 724. The predicted molar refractivity (Wildman–Crippen MR) is 86.6 cm³/mol. The molecule has 7 nitrogen and oxygen atoms in total. The van der Waals surface area contributed by atoms with E-state index in [9.17, 15) is 8.42 Å². The molecule has 0 unspecified atom stereocenters.